The van der Waals surface area contributed by atoms with E-state index in [9.17, 15) is 18.4 Å². The van der Waals surface area contributed by atoms with Gasteiger partial charge in [-0.2, -0.15) is 8.42 Å². The number of rotatable bonds is 5. The van der Waals surface area contributed by atoms with Crippen LogP contribution in [0.3, 0.4) is 0 Å². The van der Waals surface area contributed by atoms with Gasteiger partial charge in [0.15, 0.2) is 0 Å². The van der Waals surface area contributed by atoms with Crippen LogP contribution in [-0.2, 0) is 10.0 Å². The van der Waals surface area contributed by atoms with E-state index >= 15 is 0 Å². The van der Waals surface area contributed by atoms with Crippen molar-refractivity contribution in [2.75, 3.05) is 11.6 Å². The molecule has 0 saturated carbocycles. The van der Waals surface area contributed by atoms with E-state index in [1.54, 1.807) is 6.07 Å². The second-order valence-corrected chi connectivity index (χ2v) is 5.96. The van der Waals surface area contributed by atoms with Crippen molar-refractivity contribution in [2.24, 2.45) is 0 Å². The van der Waals surface area contributed by atoms with Gasteiger partial charge in [-0.05, 0) is 24.3 Å². The summed E-state index contributed by atoms with van der Waals surface area (Å²) in [7, 11) is -3.15. The van der Waals surface area contributed by atoms with Crippen molar-refractivity contribution in [3.05, 3.63) is 54.1 Å². The smallest absolute Gasteiger partial charge is 0.337 e. The SMILES string of the molecule is COc1ccccc1N(O)S(=O)(=O)c1ccccc1C(=O)O. The minimum atomic E-state index is -4.47. The third-order valence-electron chi connectivity index (χ3n) is 2.91. The summed E-state index contributed by atoms with van der Waals surface area (Å²) in [6.45, 7) is 0. The molecule has 8 heteroatoms. The quantitative estimate of drug-likeness (QED) is 0.815. The lowest BCUT2D eigenvalue weighted by Gasteiger charge is -2.20. The molecule has 0 unspecified atom stereocenters. The van der Waals surface area contributed by atoms with Crippen molar-refractivity contribution in [1.29, 1.82) is 0 Å². The van der Waals surface area contributed by atoms with E-state index in [0.29, 0.717) is 0 Å². The zero-order chi connectivity index (χ0) is 16.3. The van der Waals surface area contributed by atoms with Crippen molar-refractivity contribution in [1.82, 2.24) is 0 Å². The maximum atomic E-state index is 12.5. The number of carboxylic acids is 1. The van der Waals surface area contributed by atoms with E-state index in [4.69, 9.17) is 9.84 Å². The highest BCUT2D eigenvalue weighted by Crippen LogP contribution is 2.31. The minimum absolute atomic E-state index is 0.00755. The zero-order valence-corrected chi connectivity index (χ0v) is 12.3. The Balaban J connectivity index is 2.58. The van der Waals surface area contributed by atoms with Crippen LogP contribution in [0.4, 0.5) is 5.69 Å². The van der Waals surface area contributed by atoms with Crippen molar-refractivity contribution in [2.45, 2.75) is 4.90 Å². The summed E-state index contributed by atoms with van der Waals surface area (Å²) < 4.78 is 30.0. The highest BCUT2D eigenvalue weighted by molar-refractivity contribution is 7.92. The van der Waals surface area contributed by atoms with E-state index in [1.807, 2.05) is 0 Å². The molecule has 0 amide bonds. The highest BCUT2D eigenvalue weighted by Gasteiger charge is 2.29. The van der Waals surface area contributed by atoms with Crippen molar-refractivity contribution < 1.29 is 28.3 Å². The van der Waals surface area contributed by atoms with E-state index in [-0.39, 0.29) is 15.9 Å². The number of anilines is 1. The highest BCUT2D eigenvalue weighted by atomic mass is 32.2. The molecule has 2 rings (SSSR count). The van der Waals surface area contributed by atoms with E-state index < -0.39 is 26.5 Å². The molecule has 0 saturated heterocycles. The van der Waals surface area contributed by atoms with Gasteiger partial charge in [0.2, 0.25) is 0 Å². The summed E-state index contributed by atoms with van der Waals surface area (Å²) in [6.07, 6.45) is 0. The third-order valence-corrected chi connectivity index (χ3v) is 4.48. The zero-order valence-electron chi connectivity index (χ0n) is 11.5. The second kappa shape index (κ2) is 6.04. The topological polar surface area (TPSA) is 104 Å². The number of ether oxygens (including phenoxy) is 1. The number of nitrogens with zero attached hydrogens (tertiary/aromatic N) is 1. The average Bonchev–Trinajstić information content (AvgIpc) is 2.54. The predicted molar refractivity (Wildman–Crippen MR) is 77.8 cm³/mol. The average molecular weight is 323 g/mol. The normalized spacial score (nSPS) is 11.0. The van der Waals surface area contributed by atoms with Crippen LogP contribution in [0.15, 0.2) is 53.4 Å². The number of aromatic carboxylic acids is 1. The number of carboxylic acid groups (broad SMARTS) is 1. The van der Waals surface area contributed by atoms with Gasteiger partial charge in [0.05, 0.1) is 12.7 Å². The molecular weight excluding hydrogens is 310 g/mol. The number of para-hydroxylation sites is 2. The standard InChI is InChI=1S/C14H13NO6S/c1-21-12-8-4-3-7-11(12)15(18)22(19,20)13-9-5-2-6-10(13)14(16)17/h2-9,18H,1H3,(H,16,17). The van der Waals surface area contributed by atoms with E-state index in [0.717, 1.165) is 12.1 Å². The lowest BCUT2D eigenvalue weighted by Crippen LogP contribution is -2.29. The van der Waals surface area contributed by atoms with Gasteiger partial charge >= 0.3 is 5.97 Å². The van der Waals surface area contributed by atoms with E-state index in [2.05, 4.69) is 0 Å². The number of methoxy groups -OCH3 is 1. The van der Waals surface area contributed by atoms with E-state index in [1.165, 1.54) is 37.4 Å². The Morgan fingerprint density at radius 2 is 1.68 bits per heavy atom. The molecule has 0 aliphatic carbocycles. The number of sulfonamides is 1. The molecule has 116 valence electrons. The van der Waals surface area contributed by atoms with Crippen LogP contribution in [0.1, 0.15) is 10.4 Å². The first kappa shape index (κ1) is 15.8. The monoisotopic (exact) mass is 323 g/mol. The minimum Gasteiger partial charge on any atom is -0.494 e. The summed E-state index contributed by atoms with van der Waals surface area (Å²) in [4.78, 5) is 10.6. The number of hydrogen-bond donors (Lipinski definition) is 2. The molecule has 0 aliphatic heterocycles. The van der Waals surface area contributed by atoms with Gasteiger partial charge in [0.1, 0.15) is 16.3 Å². The number of benzene rings is 2. The van der Waals surface area contributed by atoms with Crippen molar-refractivity contribution in [3.8, 4) is 5.75 Å². The second-order valence-electron chi connectivity index (χ2n) is 4.22. The van der Waals surface area contributed by atoms with Crippen molar-refractivity contribution >= 4 is 21.7 Å². The first-order valence-electron chi connectivity index (χ1n) is 6.09. The largest absolute Gasteiger partial charge is 0.494 e. The van der Waals surface area contributed by atoms with Gasteiger partial charge < -0.3 is 9.84 Å². The fourth-order valence-corrected chi connectivity index (χ4v) is 3.16. The van der Waals surface area contributed by atoms with Crippen LogP contribution in [-0.4, -0.2) is 31.8 Å². The fourth-order valence-electron chi connectivity index (χ4n) is 1.88. The van der Waals surface area contributed by atoms with Gasteiger partial charge in [0.25, 0.3) is 10.0 Å². The molecule has 0 aromatic heterocycles. The molecule has 2 aromatic rings. The Labute approximate surface area is 127 Å². The Morgan fingerprint density at radius 3 is 2.32 bits per heavy atom. The molecule has 0 radical (unpaired) electrons. The molecule has 0 fully saturated rings. The molecule has 0 heterocycles. The van der Waals surface area contributed by atoms with Crippen LogP contribution >= 0.6 is 0 Å². The first-order chi connectivity index (χ1) is 10.4. The van der Waals surface area contributed by atoms with Crippen LogP contribution in [0.2, 0.25) is 0 Å². The van der Waals surface area contributed by atoms with Gasteiger partial charge in [-0.3, -0.25) is 5.21 Å². The Hall–Kier alpha value is -2.58. The Bertz CT molecular complexity index is 802. The summed E-state index contributed by atoms with van der Waals surface area (Å²) in [5, 5.41) is 19.2. The summed E-state index contributed by atoms with van der Waals surface area (Å²) in [6, 6.07) is 10.9. The first-order valence-corrected chi connectivity index (χ1v) is 7.53. The molecule has 0 atom stereocenters. The molecular formula is C14H13NO6S. The molecule has 22 heavy (non-hydrogen) atoms. The van der Waals surface area contributed by atoms with Crippen LogP contribution in [0.25, 0.3) is 0 Å². The summed E-state index contributed by atoms with van der Waals surface area (Å²) >= 11 is 0. The van der Waals surface area contributed by atoms with Gasteiger partial charge in [0, 0.05) is 0 Å². The molecule has 7 nitrogen and oxygen atoms in total. The molecule has 0 spiro atoms. The molecule has 0 aliphatic rings. The summed E-state index contributed by atoms with van der Waals surface area (Å²) in [5.74, 6) is -1.28. The van der Waals surface area contributed by atoms with Gasteiger partial charge in [-0.1, -0.05) is 24.3 Å². The Kier molecular flexibility index (Phi) is 4.34. The van der Waals surface area contributed by atoms with Crippen LogP contribution in [0, 0.1) is 0 Å². The molecule has 2 N–H and O–H groups in total. The lowest BCUT2D eigenvalue weighted by atomic mass is 10.2. The van der Waals surface area contributed by atoms with Gasteiger partial charge in [-0.25, -0.2) is 4.79 Å². The molecule has 0 bridgehead atoms. The number of carbonyl (C=O) groups is 1. The predicted octanol–water partition coefficient (Wildman–Crippen LogP) is 1.98. The maximum Gasteiger partial charge on any atom is 0.337 e. The summed E-state index contributed by atoms with van der Waals surface area (Å²) in [5.41, 5.74) is -0.554. The van der Waals surface area contributed by atoms with Crippen LogP contribution in [0.5, 0.6) is 5.75 Å². The van der Waals surface area contributed by atoms with Crippen molar-refractivity contribution in [3.63, 3.8) is 0 Å². The Morgan fingerprint density at radius 1 is 1.09 bits per heavy atom. The lowest BCUT2D eigenvalue weighted by molar-refractivity contribution is 0.0692. The number of hydrogen-bond acceptors (Lipinski definition) is 5. The van der Waals surface area contributed by atoms with Crippen LogP contribution < -0.4 is 9.21 Å². The third kappa shape index (κ3) is 2.74. The molecule has 2 aromatic carbocycles. The van der Waals surface area contributed by atoms with Gasteiger partial charge in [-0.15, -0.1) is 4.47 Å². The maximum absolute atomic E-state index is 12.5. The fraction of sp³-hybridized carbons (Fsp3) is 0.0714.